The standard InChI is InChI=1S/C15H19ClF3NO3/c1-3-22-13-6-10(11(16)7-12(13)21-2)8-20-4-5-23-14(9-20)15(17,18)19/h6-7,14H,3-5,8-9H2,1-2H3/t14-/m0/s1. The van der Waals surface area contributed by atoms with Crippen molar-refractivity contribution in [3.63, 3.8) is 0 Å². The van der Waals surface area contributed by atoms with Crippen molar-refractivity contribution >= 4 is 11.6 Å². The van der Waals surface area contributed by atoms with Gasteiger partial charge in [-0.3, -0.25) is 4.90 Å². The van der Waals surface area contributed by atoms with E-state index in [1.54, 1.807) is 17.0 Å². The summed E-state index contributed by atoms with van der Waals surface area (Å²) in [7, 11) is 1.50. The van der Waals surface area contributed by atoms with Gasteiger partial charge in [-0.1, -0.05) is 11.6 Å². The van der Waals surface area contributed by atoms with Crippen LogP contribution < -0.4 is 9.47 Å². The summed E-state index contributed by atoms with van der Waals surface area (Å²) in [6.45, 7) is 2.82. The smallest absolute Gasteiger partial charge is 0.415 e. The zero-order valence-electron chi connectivity index (χ0n) is 13.0. The fourth-order valence-electron chi connectivity index (χ4n) is 2.41. The van der Waals surface area contributed by atoms with E-state index < -0.39 is 12.3 Å². The molecular formula is C15H19ClF3NO3. The largest absolute Gasteiger partial charge is 0.493 e. The Morgan fingerprint density at radius 3 is 2.70 bits per heavy atom. The van der Waals surface area contributed by atoms with Gasteiger partial charge in [0.25, 0.3) is 0 Å². The minimum Gasteiger partial charge on any atom is -0.493 e. The quantitative estimate of drug-likeness (QED) is 0.810. The van der Waals surface area contributed by atoms with Crippen molar-refractivity contribution in [1.29, 1.82) is 0 Å². The first kappa shape index (κ1) is 18.2. The molecule has 0 radical (unpaired) electrons. The van der Waals surface area contributed by atoms with Gasteiger partial charge < -0.3 is 14.2 Å². The number of methoxy groups -OCH3 is 1. The van der Waals surface area contributed by atoms with Gasteiger partial charge in [-0.25, -0.2) is 0 Å². The molecule has 1 fully saturated rings. The third-order valence-electron chi connectivity index (χ3n) is 3.54. The fourth-order valence-corrected chi connectivity index (χ4v) is 2.62. The highest BCUT2D eigenvalue weighted by molar-refractivity contribution is 6.31. The predicted octanol–water partition coefficient (Wildman–Crippen LogP) is 3.51. The highest BCUT2D eigenvalue weighted by atomic mass is 35.5. The predicted molar refractivity (Wildman–Crippen MR) is 80.2 cm³/mol. The lowest BCUT2D eigenvalue weighted by Gasteiger charge is -2.34. The third-order valence-corrected chi connectivity index (χ3v) is 3.89. The Kier molecular flexibility index (Phi) is 6.00. The van der Waals surface area contributed by atoms with Gasteiger partial charge in [-0.05, 0) is 18.6 Å². The van der Waals surface area contributed by atoms with Crippen molar-refractivity contribution in [2.75, 3.05) is 33.4 Å². The van der Waals surface area contributed by atoms with Crippen LogP contribution in [0.1, 0.15) is 12.5 Å². The second kappa shape index (κ2) is 7.59. The number of halogens is 4. The van der Waals surface area contributed by atoms with Gasteiger partial charge in [0.2, 0.25) is 0 Å². The number of nitrogens with zero attached hydrogens (tertiary/aromatic N) is 1. The van der Waals surface area contributed by atoms with Gasteiger partial charge in [-0.15, -0.1) is 0 Å². The van der Waals surface area contributed by atoms with Crippen LogP contribution in [-0.4, -0.2) is 50.6 Å². The molecule has 0 amide bonds. The molecule has 1 aromatic rings. The molecule has 0 spiro atoms. The lowest BCUT2D eigenvalue weighted by atomic mass is 10.1. The Hall–Kier alpha value is -1.18. The Balaban J connectivity index is 2.14. The lowest BCUT2D eigenvalue weighted by Crippen LogP contribution is -2.48. The molecule has 0 saturated carbocycles. The summed E-state index contributed by atoms with van der Waals surface area (Å²) >= 11 is 6.21. The highest BCUT2D eigenvalue weighted by Crippen LogP contribution is 2.34. The van der Waals surface area contributed by atoms with Gasteiger partial charge in [0.15, 0.2) is 17.6 Å². The van der Waals surface area contributed by atoms with E-state index in [9.17, 15) is 13.2 Å². The number of hydrogen-bond acceptors (Lipinski definition) is 4. The van der Waals surface area contributed by atoms with Gasteiger partial charge in [-0.2, -0.15) is 13.2 Å². The maximum absolute atomic E-state index is 12.8. The van der Waals surface area contributed by atoms with Crippen LogP contribution in [0.15, 0.2) is 12.1 Å². The number of ether oxygens (including phenoxy) is 3. The number of rotatable bonds is 5. The molecule has 0 unspecified atom stereocenters. The van der Waals surface area contributed by atoms with E-state index in [2.05, 4.69) is 0 Å². The van der Waals surface area contributed by atoms with Crippen LogP contribution in [0.5, 0.6) is 11.5 Å². The van der Waals surface area contributed by atoms with Crippen LogP contribution in [0.3, 0.4) is 0 Å². The van der Waals surface area contributed by atoms with Crippen molar-refractivity contribution < 1.29 is 27.4 Å². The van der Waals surface area contributed by atoms with E-state index in [0.29, 0.717) is 41.8 Å². The minimum atomic E-state index is -4.36. The molecule has 1 aromatic carbocycles. The summed E-state index contributed by atoms with van der Waals surface area (Å²) in [6, 6.07) is 3.33. The summed E-state index contributed by atoms with van der Waals surface area (Å²) in [6.07, 6.45) is -6.13. The van der Waals surface area contributed by atoms with E-state index in [1.165, 1.54) is 7.11 Å². The van der Waals surface area contributed by atoms with Crippen molar-refractivity contribution in [2.24, 2.45) is 0 Å². The molecule has 2 rings (SSSR count). The normalized spacial score (nSPS) is 19.7. The Morgan fingerprint density at radius 2 is 2.09 bits per heavy atom. The van der Waals surface area contributed by atoms with Crippen LogP contribution in [-0.2, 0) is 11.3 Å². The molecule has 0 bridgehead atoms. The lowest BCUT2D eigenvalue weighted by molar-refractivity contribution is -0.237. The average Bonchev–Trinajstić information content (AvgIpc) is 2.50. The maximum atomic E-state index is 12.8. The van der Waals surface area contributed by atoms with Gasteiger partial charge in [0.05, 0.1) is 20.3 Å². The summed E-state index contributed by atoms with van der Waals surface area (Å²) in [5, 5.41) is 0.431. The molecule has 1 saturated heterocycles. The van der Waals surface area contributed by atoms with Gasteiger partial charge in [0.1, 0.15) is 0 Å². The Morgan fingerprint density at radius 1 is 1.35 bits per heavy atom. The van der Waals surface area contributed by atoms with Crippen LogP contribution in [0, 0.1) is 0 Å². The summed E-state index contributed by atoms with van der Waals surface area (Å²) < 4.78 is 53.8. The first-order valence-corrected chi connectivity index (χ1v) is 7.62. The van der Waals surface area contributed by atoms with Crippen molar-refractivity contribution in [3.8, 4) is 11.5 Å². The van der Waals surface area contributed by atoms with E-state index in [1.807, 2.05) is 6.92 Å². The molecule has 1 heterocycles. The highest BCUT2D eigenvalue weighted by Gasteiger charge is 2.43. The zero-order valence-corrected chi connectivity index (χ0v) is 13.7. The van der Waals surface area contributed by atoms with E-state index in [0.717, 1.165) is 0 Å². The molecular weight excluding hydrogens is 335 g/mol. The third kappa shape index (κ3) is 4.65. The number of morpholine rings is 1. The fraction of sp³-hybridized carbons (Fsp3) is 0.600. The van der Waals surface area contributed by atoms with Crippen LogP contribution in [0.4, 0.5) is 13.2 Å². The van der Waals surface area contributed by atoms with Gasteiger partial charge >= 0.3 is 6.18 Å². The average molecular weight is 354 g/mol. The summed E-state index contributed by atoms with van der Waals surface area (Å²) in [4.78, 5) is 1.67. The van der Waals surface area contributed by atoms with Crippen LogP contribution in [0.25, 0.3) is 0 Å². The van der Waals surface area contributed by atoms with Gasteiger partial charge in [0, 0.05) is 30.7 Å². The molecule has 1 aliphatic rings. The second-order valence-electron chi connectivity index (χ2n) is 5.16. The molecule has 0 aromatic heterocycles. The molecule has 8 heteroatoms. The van der Waals surface area contributed by atoms with Crippen LogP contribution in [0.2, 0.25) is 5.02 Å². The number of alkyl halides is 3. The maximum Gasteiger partial charge on any atom is 0.415 e. The summed E-state index contributed by atoms with van der Waals surface area (Å²) in [5.74, 6) is 1.02. The number of hydrogen-bond donors (Lipinski definition) is 0. The zero-order chi connectivity index (χ0) is 17.0. The minimum absolute atomic E-state index is 0.0380. The SMILES string of the molecule is CCOc1cc(CN2CCO[C@H](C(F)(F)F)C2)c(Cl)cc1OC. The molecule has 23 heavy (non-hydrogen) atoms. The van der Waals surface area contributed by atoms with E-state index >= 15 is 0 Å². The van der Waals surface area contributed by atoms with Crippen molar-refractivity contribution in [1.82, 2.24) is 4.90 Å². The monoisotopic (exact) mass is 353 g/mol. The Labute approximate surface area is 138 Å². The second-order valence-corrected chi connectivity index (χ2v) is 5.57. The summed E-state index contributed by atoms with van der Waals surface area (Å²) in [5.41, 5.74) is 0.693. The molecule has 4 nitrogen and oxygen atoms in total. The first-order chi connectivity index (χ1) is 10.8. The van der Waals surface area contributed by atoms with Crippen LogP contribution >= 0.6 is 11.6 Å². The van der Waals surface area contributed by atoms with Crippen molar-refractivity contribution in [3.05, 3.63) is 22.7 Å². The Bertz CT molecular complexity index is 539. The molecule has 0 N–H and O–H groups in total. The van der Waals surface area contributed by atoms with E-state index in [4.69, 9.17) is 25.8 Å². The molecule has 1 atom stereocenters. The van der Waals surface area contributed by atoms with Crippen molar-refractivity contribution in [2.45, 2.75) is 25.7 Å². The number of benzene rings is 1. The molecule has 1 aliphatic heterocycles. The van der Waals surface area contributed by atoms with E-state index in [-0.39, 0.29) is 13.2 Å². The molecule has 130 valence electrons. The topological polar surface area (TPSA) is 30.9 Å². The molecule has 0 aliphatic carbocycles. The first-order valence-electron chi connectivity index (χ1n) is 7.25.